The van der Waals surface area contributed by atoms with Crippen molar-refractivity contribution < 1.29 is 20.0 Å². The van der Waals surface area contributed by atoms with Gasteiger partial charge in [-0.3, -0.25) is 0 Å². The molecule has 1 fully saturated rings. The number of ether oxygens (including phenoxy) is 1. The Labute approximate surface area is 85.6 Å². The first-order valence-corrected chi connectivity index (χ1v) is 5.18. The first kappa shape index (κ1) is 13.4. The Balaban J connectivity index is 0.000000255. The van der Waals surface area contributed by atoms with Crippen molar-refractivity contribution in [3.8, 4) is 0 Å². The summed E-state index contributed by atoms with van der Waals surface area (Å²) in [6, 6.07) is 1.33. The fraction of sp³-hybridized carbons (Fsp3) is 0.900. The summed E-state index contributed by atoms with van der Waals surface area (Å²) in [5.74, 6) is -0.961. The third-order valence-corrected chi connectivity index (χ3v) is 1.87. The quantitative estimate of drug-likeness (QED) is 0.619. The topological polar surface area (TPSA) is 66.0 Å². The molecule has 0 aromatic rings. The monoisotopic (exact) mass is 203 g/mol. The van der Waals surface area contributed by atoms with Crippen LogP contribution in [-0.2, 0) is 9.53 Å². The molecule has 84 valence electrons. The van der Waals surface area contributed by atoms with Gasteiger partial charge in [-0.1, -0.05) is 13.3 Å². The van der Waals surface area contributed by atoms with Gasteiger partial charge in [0.05, 0.1) is 13.2 Å². The third-order valence-electron chi connectivity index (χ3n) is 1.87. The Morgan fingerprint density at radius 2 is 1.93 bits per heavy atom. The van der Waals surface area contributed by atoms with E-state index >= 15 is 0 Å². The SMILES string of the molecule is CC1COCC(C)[NH2+]1.CCCC(=O)[O-]. The van der Waals surface area contributed by atoms with Gasteiger partial charge in [-0.05, 0) is 20.3 Å². The van der Waals surface area contributed by atoms with Crippen LogP contribution in [0.25, 0.3) is 0 Å². The van der Waals surface area contributed by atoms with E-state index in [4.69, 9.17) is 4.74 Å². The molecule has 1 saturated heterocycles. The van der Waals surface area contributed by atoms with Crippen LogP contribution in [0.15, 0.2) is 0 Å². The summed E-state index contributed by atoms with van der Waals surface area (Å²) in [6.45, 7) is 8.02. The van der Waals surface area contributed by atoms with Crippen LogP contribution in [-0.4, -0.2) is 31.3 Å². The Bertz CT molecular complexity index is 153. The van der Waals surface area contributed by atoms with Crippen molar-refractivity contribution >= 4 is 5.97 Å². The fourth-order valence-corrected chi connectivity index (χ4v) is 1.32. The van der Waals surface area contributed by atoms with Crippen molar-refractivity contribution in [3.63, 3.8) is 0 Å². The third kappa shape index (κ3) is 8.01. The number of carboxylic acids is 1. The fourth-order valence-electron chi connectivity index (χ4n) is 1.32. The number of rotatable bonds is 2. The van der Waals surface area contributed by atoms with E-state index in [0.29, 0.717) is 18.5 Å². The van der Waals surface area contributed by atoms with Gasteiger partial charge in [0.15, 0.2) is 0 Å². The maximum atomic E-state index is 9.49. The molecule has 4 heteroatoms. The number of carbonyl (C=O) groups excluding carboxylic acids is 1. The average Bonchev–Trinajstić information content (AvgIpc) is 2.03. The summed E-state index contributed by atoms with van der Waals surface area (Å²) in [6.07, 6.45) is 0.850. The normalized spacial score (nSPS) is 26.2. The van der Waals surface area contributed by atoms with E-state index < -0.39 is 5.97 Å². The zero-order chi connectivity index (χ0) is 11.0. The van der Waals surface area contributed by atoms with Crippen molar-refractivity contribution in [3.05, 3.63) is 0 Å². The van der Waals surface area contributed by atoms with Crippen LogP contribution in [0.5, 0.6) is 0 Å². The summed E-state index contributed by atoms with van der Waals surface area (Å²) in [4.78, 5) is 9.49. The number of hydrogen-bond acceptors (Lipinski definition) is 3. The molecule has 1 aliphatic heterocycles. The van der Waals surface area contributed by atoms with E-state index in [0.717, 1.165) is 13.2 Å². The van der Waals surface area contributed by atoms with Crippen LogP contribution in [0.4, 0.5) is 0 Å². The molecule has 0 spiro atoms. The van der Waals surface area contributed by atoms with Crippen molar-refractivity contribution in [1.82, 2.24) is 0 Å². The molecular formula is C10H21NO3. The van der Waals surface area contributed by atoms with Gasteiger partial charge < -0.3 is 20.0 Å². The molecule has 2 unspecified atom stereocenters. The number of quaternary nitrogens is 1. The van der Waals surface area contributed by atoms with Crippen LogP contribution in [0, 0.1) is 0 Å². The molecule has 0 aromatic carbocycles. The first-order chi connectivity index (χ1) is 6.56. The Kier molecular flexibility index (Phi) is 7.42. The standard InChI is InChI=1S/C6H13NO.C4H8O2/c1-5-3-8-4-6(2)7-5;1-2-3-4(5)6/h5-7H,3-4H2,1-2H3;2-3H2,1H3,(H,5,6). The van der Waals surface area contributed by atoms with Gasteiger partial charge in [0.1, 0.15) is 12.1 Å². The molecule has 4 nitrogen and oxygen atoms in total. The predicted octanol–water partition coefficient (Wildman–Crippen LogP) is -1.11. The van der Waals surface area contributed by atoms with Gasteiger partial charge in [0.25, 0.3) is 0 Å². The van der Waals surface area contributed by atoms with Crippen LogP contribution < -0.4 is 10.4 Å². The number of carboxylic acid groups (broad SMARTS) is 1. The molecule has 1 rings (SSSR count). The minimum absolute atomic E-state index is 0.181. The molecule has 0 radical (unpaired) electrons. The van der Waals surface area contributed by atoms with E-state index in [-0.39, 0.29) is 6.42 Å². The second kappa shape index (κ2) is 7.76. The maximum absolute atomic E-state index is 9.49. The minimum atomic E-state index is -0.961. The largest absolute Gasteiger partial charge is 0.550 e. The molecule has 0 bridgehead atoms. The van der Waals surface area contributed by atoms with Crippen LogP contribution in [0.3, 0.4) is 0 Å². The van der Waals surface area contributed by atoms with Gasteiger partial charge in [-0.15, -0.1) is 0 Å². The van der Waals surface area contributed by atoms with Gasteiger partial charge in [-0.25, -0.2) is 0 Å². The summed E-state index contributed by atoms with van der Waals surface area (Å²) < 4.78 is 5.26. The van der Waals surface area contributed by atoms with E-state index in [1.165, 1.54) is 0 Å². The molecule has 1 heterocycles. The second-order valence-electron chi connectivity index (χ2n) is 3.81. The molecule has 2 N–H and O–H groups in total. The van der Waals surface area contributed by atoms with Gasteiger partial charge in [0.2, 0.25) is 0 Å². The lowest BCUT2D eigenvalue weighted by Gasteiger charge is -2.22. The highest BCUT2D eigenvalue weighted by molar-refractivity contribution is 5.63. The molecule has 0 saturated carbocycles. The van der Waals surface area contributed by atoms with Crippen LogP contribution >= 0.6 is 0 Å². The molecule has 0 aliphatic carbocycles. The predicted molar refractivity (Wildman–Crippen MR) is 51.6 cm³/mol. The number of aliphatic carboxylic acids is 1. The van der Waals surface area contributed by atoms with Gasteiger partial charge >= 0.3 is 0 Å². The van der Waals surface area contributed by atoms with Gasteiger partial charge in [0, 0.05) is 5.97 Å². The second-order valence-corrected chi connectivity index (χ2v) is 3.81. The molecule has 0 aromatic heterocycles. The highest BCUT2D eigenvalue weighted by Crippen LogP contribution is 1.87. The summed E-state index contributed by atoms with van der Waals surface area (Å²) in [5.41, 5.74) is 0. The van der Waals surface area contributed by atoms with E-state index in [1.807, 2.05) is 0 Å². The molecule has 0 amide bonds. The number of morpholine rings is 1. The Hall–Kier alpha value is -0.610. The maximum Gasteiger partial charge on any atom is 0.107 e. The lowest BCUT2D eigenvalue weighted by Crippen LogP contribution is -2.97. The summed E-state index contributed by atoms with van der Waals surface area (Å²) in [7, 11) is 0. The van der Waals surface area contributed by atoms with E-state index in [2.05, 4.69) is 19.2 Å². The highest BCUT2D eigenvalue weighted by atomic mass is 16.5. The smallest absolute Gasteiger partial charge is 0.107 e. The molecule has 14 heavy (non-hydrogen) atoms. The number of hydrogen-bond donors (Lipinski definition) is 1. The van der Waals surface area contributed by atoms with Crippen molar-refractivity contribution in [2.45, 2.75) is 45.7 Å². The first-order valence-electron chi connectivity index (χ1n) is 5.18. The molecule has 2 atom stereocenters. The van der Waals surface area contributed by atoms with Crippen LogP contribution in [0.1, 0.15) is 33.6 Å². The van der Waals surface area contributed by atoms with Gasteiger partial charge in [-0.2, -0.15) is 0 Å². The van der Waals surface area contributed by atoms with E-state index in [9.17, 15) is 9.90 Å². The molecular weight excluding hydrogens is 182 g/mol. The van der Waals surface area contributed by atoms with Crippen LogP contribution in [0.2, 0.25) is 0 Å². The van der Waals surface area contributed by atoms with Crippen molar-refractivity contribution in [2.24, 2.45) is 0 Å². The Morgan fingerprint density at radius 3 is 2.07 bits per heavy atom. The van der Waals surface area contributed by atoms with E-state index in [1.54, 1.807) is 6.92 Å². The summed E-state index contributed by atoms with van der Waals surface area (Å²) >= 11 is 0. The zero-order valence-corrected chi connectivity index (χ0v) is 9.29. The summed E-state index contributed by atoms with van der Waals surface area (Å²) in [5, 5.41) is 11.8. The Morgan fingerprint density at radius 1 is 1.43 bits per heavy atom. The van der Waals surface area contributed by atoms with Crippen molar-refractivity contribution in [1.29, 1.82) is 0 Å². The number of nitrogens with two attached hydrogens (primary N) is 1. The lowest BCUT2D eigenvalue weighted by molar-refractivity contribution is -0.731. The lowest BCUT2D eigenvalue weighted by atomic mass is 10.2. The minimum Gasteiger partial charge on any atom is -0.550 e. The molecule has 1 aliphatic rings. The average molecular weight is 203 g/mol. The zero-order valence-electron chi connectivity index (χ0n) is 9.29. The number of carbonyl (C=O) groups is 1. The van der Waals surface area contributed by atoms with Crippen molar-refractivity contribution in [2.75, 3.05) is 13.2 Å². The highest BCUT2D eigenvalue weighted by Gasteiger charge is 2.16.